The monoisotopic (exact) mass is 205 g/mol. The summed E-state index contributed by atoms with van der Waals surface area (Å²) in [7, 11) is 0. The first-order valence-electron chi connectivity index (χ1n) is 4.11. The van der Waals surface area contributed by atoms with Crippen LogP contribution in [0.1, 0.15) is 0 Å². The molecule has 0 atom stereocenters. The van der Waals surface area contributed by atoms with Crippen molar-refractivity contribution < 1.29 is 15.1 Å². The van der Waals surface area contributed by atoms with Crippen molar-refractivity contribution in [1.82, 2.24) is 5.06 Å². The predicted molar refractivity (Wildman–Crippen MR) is 49.5 cm³/mol. The van der Waals surface area contributed by atoms with E-state index in [1.165, 1.54) is 18.5 Å². The van der Waals surface area contributed by atoms with Crippen LogP contribution in [0.25, 0.3) is 0 Å². The summed E-state index contributed by atoms with van der Waals surface area (Å²) in [4.78, 5) is 10.6. The van der Waals surface area contributed by atoms with E-state index in [-0.39, 0.29) is 5.70 Å². The first kappa shape index (κ1) is 9.35. The summed E-state index contributed by atoms with van der Waals surface area (Å²) in [6.45, 7) is 0. The number of carbonyl (C=O) groups is 1. The molecule has 2 heterocycles. The van der Waals surface area contributed by atoms with Crippen molar-refractivity contribution in [3.8, 4) is 0 Å². The molecular formula is C9H7N3O3. The largest absolute Gasteiger partial charge is 0.476 e. The van der Waals surface area contributed by atoms with E-state index >= 15 is 0 Å². The molecule has 6 nitrogen and oxygen atoms in total. The van der Waals surface area contributed by atoms with Crippen LogP contribution in [0.15, 0.2) is 57.8 Å². The summed E-state index contributed by atoms with van der Waals surface area (Å²) in [5.41, 5.74) is 1.07. The standard InChI is InChI=1S/C9H7N3O3/c13-9(14)8-5-7(10-11-8)6-1-3-12(15)4-2-6/h1-5,15H,(H,13,14). The Kier molecular flexibility index (Phi) is 2.18. The van der Waals surface area contributed by atoms with E-state index in [4.69, 9.17) is 10.3 Å². The van der Waals surface area contributed by atoms with Crippen molar-refractivity contribution in [2.45, 2.75) is 0 Å². The van der Waals surface area contributed by atoms with Gasteiger partial charge in [0, 0.05) is 24.0 Å². The minimum Gasteiger partial charge on any atom is -0.476 e. The first-order valence-corrected chi connectivity index (χ1v) is 4.11. The SMILES string of the molecule is O=C(O)C1=CC(=C2C=CN(O)C=C2)N=N1. The Hall–Kier alpha value is -2.21. The van der Waals surface area contributed by atoms with Gasteiger partial charge in [-0.3, -0.25) is 5.21 Å². The van der Waals surface area contributed by atoms with Gasteiger partial charge in [0.25, 0.3) is 0 Å². The molecule has 6 heteroatoms. The molecule has 76 valence electrons. The molecule has 0 aromatic rings. The topological polar surface area (TPSA) is 85.5 Å². The number of azo groups is 1. The molecule has 0 saturated heterocycles. The van der Waals surface area contributed by atoms with Crippen molar-refractivity contribution in [1.29, 1.82) is 0 Å². The molecule has 2 aliphatic heterocycles. The van der Waals surface area contributed by atoms with Crippen LogP contribution in [0.5, 0.6) is 0 Å². The zero-order valence-corrected chi connectivity index (χ0v) is 7.53. The van der Waals surface area contributed by atoms with Crippen LogP contribution in [-0.4, -0.2) is 21.3 Å². The number of aliphatic carboxylic acids is 1. The van der Waals surface area contributed by atoms with Gasteiger partial charge in [-0.05, 0) is 12.2 Å². The number of allylic oxidation sites excluding steroid dienone is 4. The summed E-state index contributed by atoms with van der Waals surface area (Å²) < 4.78 is 0. The summed E-state index contributed by atoms with van der Waals surface area (Å²) in [6, 6.07) is 0. The van der Waals surface area contributed by atoms with E-state index in [2.05, 4.69) is 10.2 Å². The van der Waals surface area contributed by atoms with Crippen LogP contribution in [0.3, 0.4) is 0 Å². The van der Waals surface area contributed by atoms with Gasteiger partial charge >= 0.3 is 5.97 Å². The smallest absolute Gasteiger partial charge is 0.356 e. The minimum absolute atomic E-state index is 0.0919. The molecule has 0 amide bonds. The zero-order valence-electron chi connectivity index (χ0n) is 7.53. The lowest BCUT2D eigenvalue weighted by atomic mass is 10.1. The Morgan fingerprint density at radius 1 is 1.27 bits per heavy atom. The maximum Gasteiger partial charge on any atom is 0.356 e. The summed E-state index contributed by atoms with van der Waals surface area (Å²) >= 11 is 0. The Balaban J connectivity index is 2.31. The fraction of sp³-hybridized carbons (Fsp3) is 0. The van der Waals surface area contributed by atoms with E-state index in [9.17, 15) is 4.79 Å². The highest BCUT2D eigenvalue weighted by Gasteiger charge is 2.15. The Bertz CT molecular complexity index is 441. The first-order chi connectivity index (χ1) is 7.16. The third-order valence-electron chi connectivity index (χ3n) is 1.87. The van der Waals surface area contributed by atoms with E-state index in [1.54, 1.807) is 12.2 Å². The number of carboxylic acids is 1. The molecule has 2 rings (SSSR count). The predicted octanol–water partition coefficient (Wildman–Crippen LogP) is 1.41. The van der Waals surface area contributed by atoms with Crippen LogP contribution < -0.4 is 0 Å². The fourth-order valence-corrected chi connectivity index (χ4v) is 1.13. The van der Waals surface area contributed by atoms with Crippen LogP contribution in [0, 0.1) is 0 Å². The van der Waals surface area contributed by atoms with E-state index < -0.39 is 5.97 Å². The number of hydroxylamine groups is 2. The molecule has 0 bridgehead atoms. The molecule has 0 radical (unpaired) electrons. The van der Waals surface area contributed by atoms with Crippen molar-refractivity contribution in [3.63, 3.8) is 0 Å². The van der Waals surface area contributed by atoms with Crippen molar-refractivity contribution in [2.75, 3.05) is 0 Å². The van der Waals surface area contributed by atoms with Crippen LogP contribution in [0.4, 0.5) is 0 Å². The second-order valence-corrected chi connectivity index (χ2v) is 2.89. The molecule has 0 unspecified atom stereocenters. The average Bonchev–Trinajstić information content (AvgIpc) is 2.68. The van der Waals surface area contributed by atoms with Gasteiger partial charge in [0.05, 0.1) is 5.70 Å². The van der Waals surface area contributed by atoms with Crippen LogP contribution in [-0.2, 0) is 4.79 Å². The Morgan fingerprint density at radius 2 is 1.93 bits per heavy atom. The average molecular weight is 205 g/mol. The van der Waals surface area contributed by atoms with Crippen molar-refractivity contribution in [3.05, 3.63) is 47.6 Å². The van der Waals surface area contributed by atoms with Gasteiger partial charge in [-0.2, -0.15) is 0 Å². The molecule has 0 saturated carbocycles. The van der Waals surface area contributed by atoms with Gasteiger partial charge in [-0.15, -0.1) is 10.2 Å². The summed E-state index contributed by atoms with van der Waals surface area (Å²) in [6.07, 6.45) is 7.43. The number of carboxylic acid groups (broad SMARTS) is 1. The van der Waals surface area contributed by atoms with Gasteiger partial charge in [-0.1, -0.05) is 0 Å². The Morgan fingerprint density at radius 3 is 2.47 bits per heavy atom. The maximum atomic E-state index is 10.6. The zero-order chi connectivity index (χ0) is 10.8. The van der Waals surface area contributed by atoms with Gasteiger partial charge in [0.1, 0.15) is 0 Å². The number of rotatable bonds is 1. The molecule has 0 aliphatic carbocycles. The summed E-state index contributed by atoms with van der Waals surface area (Å²) in [5, 5.41) is 25.7. The molecule has 0 aromatic heterocycles. The van der Waals surface area contributed by atoms with Gasteiger partial charge < -0.3 is 5.11 Å². The normalized spacial score (nSPS) is 18.7. The molecular weight excluding hydrogens is 198 g/mol. The highest BCUT2D eigenvalue weighted by molar-refractivity contribution is 5.87. The maximum absolute atomic E-state index is 10.6. The van der Waals surface area contributed by atoms with Gasteiger partial charge in [0.15, 0.2) is 5.70 Å². The number of nitrogens with zero attached hydrogens (tertiary/aromatic N) is 3. The molecule has 2 N–H and O–H groups in total. The highest BCUT2D eigenvalue weighted by atomic mass is 16.5. The molecule has 15 heavy (non-hydrogen) atoms. The third-order valence-corrected chi connectivity index (χ3v) is 1.87. The molecule has 0 spiro atoms. The third kappa shape index (κ3) is 1.84. The lowest BCUT2D eigenvalue weighted by Crippen LogP contribution is -2.04. The van der Waals surface area contributed by atoms with E-state index in [0.717, 1.165) is 5.06 Å². The highest BCUT2D eigenvalue weighted by Crippen LogP contribution is 2.22. The van der Waals surface area contributed by atoms with Crippen LogP contribution in [0.2, 0.25) is 0 Å². The summed E-state index contributed by atoms with van der Waals surface area (Å²) in [5.74, 6) is -1.11. The number of hydrogen-bond acceptors (Lipinski definition) is 5. The molecule has 2 aliphatic rings. The lowest BCUT2D eigenvalue weighted by Gasteiger charge is -2.09. The molecule has 0 aromatic carbocycles. The molecule has 0 fully saturated rings. The Labute approximate surface area is 84.8 Å². The number of hydrogen-bond donors (Lipinski definition) is 2. The van der Waals surface area contributed by atoms with Crippen LogP contribution >= 0.6 is 0 Å². The van der Waals surface area contributed by atoms with E-state index in [1.807, 2.05) is 0 Å². The fourth-order valence-electron chi connectivity index (χ4n) is 1.13. The second kappa shape index (κ2) is 3.50. The van der Waals surface area contributed by atoms with Gasteiger partial charge in [0.2, 0.25) is 0 Å². The quantitative estimate of drug-likeness (QED) is 0.677. The van der Waals surface area contributed by atoms with Crippen molar-refractivity contribution >= 4 is 5.97 Å². The van der Waals surface area contributed by atoms with Gasteiger partial charge in [-0.25, -0.2) is 9.86 Å². The lowest BCUT2D eigenvalue weighted by molar-refractivity contribution is -0.132. The second-order valence-electron chi connectivity index (χ2n) is 2.89. The van der Waals surface area contributed by atoms with Crippen molar-refractivity contribution in [2.24, 2.45) is 10.2 Å². The minimum atomic E-state index is -1.11. The van der Waals surface area contributed by atoms with E-state index in [0.29, 0.717) is 11.3 Å².